The maximum Gasteiger partial charge on any atom is 0.246 e. The number of carbonyl (C=O) groups excluding carboxylic acids is 1. The summed E-state index contributed by atoms with van der Waals surface area (Å²) in [6, 6.07) is 9.74. The molecular formula is C18H24N4O7. The van der Waals surface area contributed by atoms with E-state index in [0.29, 0.717) is 12.2 Å². The van der Waals surface area contributed by atoms with Crippen LogP contribution in [0, 0.1) is 0 Å². The monoisotopic (exact) mass is 408 g/mol. The molecule has 2 heterocycles. The van der Waals surface area contributed by atoms with Gasteiger partial charge < -0.3 is 35.2 Å². The molecule has 158 valence electrons. The number of carbonyl (C=O) groups is 1. The molecule has 0 radical (unpaired) electrons. The molecule has 0 spiro atoms. The maximum atomic E-state index is 12.0. The van der Waals surface area contributed by atoms with Crippen LogP contribution < -0.4 is 5.32 Å². The van der Waals surface area contributed by atoms with Crippen LogP contribution in [0.25, 0.3) is 0 Å². The molecule has 1 aromatic carbocycles. The van der Waals surface area contributed by atoms with Gasteiger partial charge in [0.2, 0.25) is 5.91 Å². The van der Waals surface area contributed by atoms with Crippen molar-refractivity contribution < 1.29 is 34.7 Å². The topological polar surface area (TPSA) is 159 Å². The number of nitrogens with one attached hydrogen (secondary N) is 1. The Morgan fingerprint density at radius 3 is 2.66 bits per heavy atom. The van der Waals surface area contributed by atoms with Crippen LogP contribution in [0.15, 0.2) is 36.5 Å². The second kappa shape index (κ2) is 9.87. The van der Waals surface area contributed by atoms with Gasteiger partial charge in [-0.25, -0.2) is 4.68 Å². The molecule has 0 unspecified atom stereocenters. The fourth-order valence-corrected chi connectivity index (χ4v) is 2.87. The first-order valence-electron chi connectivity index (χ1n) is 9.09. The number of ether oxygens (including phenoxy) is 2. The molecule has 11 nitrogen and oxygen atoms in total. The predicted molar refractivity (Wildman–Crippen MR) is 97.1 cm³/mol. The van der Waals surface area contributed by atoms with Gasteiger partial charge in [-0.3, -0.25) is 4.79 Å². The molecule has 2 aromatic rings. The highest BCUT2D eigenvalue weighted by atomic mass is 16.7. The smallest absolute Gasteiger partial charge is 0.246 e. The highest BCUT2D eigenvalue weighted by Gasteiger charge is 2.44. The van der Waals surface area contributed by atoms with Gasteiger partial charge in [0.25, 0.3) is 0 Å². The molecule has 11 heteroatoms. The average Bonchev–Trinajstić information content (AvgIpc) is 3.18. The van der Waals surface area contributed by atoms with Gasteiger partial charge in [-0.2, -0.15) is 0 Å². The average molecular weight is 408 g/mol. The lowest BCUT2D eigenvalue weighted by Gasteiger charge is -2.39. The van der Waals surface area contributed by atoms with Gasteiger partial charge in [0.05, 0.1) is 25.9 Å². The summed E-state index contributed by atoms with van der Waals surface area (Å²) in [7, 11) is 0. The fourth-order valence-electron chi connectivity index (χ4n) is 2.87. The van der Waals surface area contributed by atoms with Crippen molar-refractivity contribution in [1.82, 2.24) is 20.3 Å². The lowest BCUT2D eigenvalue weighted by molar-refractivity contribution is -0.299. The second-order valence-electron chi connectivity index (χ2n) is 6.68. The number of aromatic nitrogens is 3. The Morgan fingerprint density at radius 1 is 1.17 bits per heavy atom. The highest BCUT2D eigenvalue weighted by Crippen LogP contribution is 2.21. The van der Waals surface area contributed by atoms with E-state index in [1.807, 2.05) is 30.3 Å². The van der Waals surface area contributed by atoms with Gasteiger partial charge in [0.1, 0.15) is 36.7 Å². The van der Waals surface area contributed by atoms with Gasteiger partial charge >= 0.3 is 0 Å². The van der Waals surface area contributed by atoms with Gasteiger partial charge in [0, 0.05) is 0 Å². The molecule has 1 saturated heterocycles. The zero-order valence-corrected chi connectivity index (χ0v) is 15.5. The quantitative estimate of drug-likeness (QED) is 0.325. The Balaban J connectivity index is 1.43. The molecule has 1 fully saturated rings. The number of aliphatic hydroxyl groups is 4. The fraction of sp³-hybridized carbons (Fsp3) is 0.500. The summed E-state index contributed by atoms with van der Waals surface area (Å²) in [6.45, 7) is -0.343. The van der Waals surface area contributed by atoms with Crippen LogP contribution in [0.2, 0.25) is 0 Å². The van der Waals surface area contributed by atoms with Gasteiger partial charge in [-0.05, 0) is 5.56 Å². The molecule has 29 heavy (non-hydrogen) atoms. The lowest BCUT2D eigenvalue weighted by Crippen LogP contribution is -2.59. The summed E-state index contributed by atoms with van der Waals surface area (Å²) in [5.41, 5.74) is 1.63. The van der Waals surface area contributed by atoms with E-state index < -0.39 is 49.8 Å². The first kappa shape index (κ1) is 21.3. The van der Waals surface area contributed by atoms with Crippen LogP contribution in [-0.4, -0.2) is 85.2 Å². The van der Waals surface area contributed by atoms with Crippen molar-refractivity contribution in [3.8, 4) is 0 Å². The minimum Gasteiger partial charge on any atom is -0.394 e. The molecule has 1 aliphatic heterocycles. The number of aliphatic hydroxyl groups excluding tert-OH is 4. The number of amides is 1. The Morgan fingerprint density at radius 2 is 1.93 bits per heavy atom. The molecule has 0 aliphatic carbocycles. The molecule has 0 saturated carbocycles. The van der Waals surface area contributed by atoms with Crippen molar-refractivity contribution in [2.75, 3.05) is 13.2 Å². The summed E-state index contributed by atoms with van der Waals surface area (Å²) in [6.07, 6.45) is -5.34. The molecule has 1 amide bonds. The Labute approximate surface area is 166 Å². The van der Waals surface area contributed by atoms with Crippen LogP contribution in [0.3, 0.4) is 0 Å². The van der Waals surface area contributed by atoms with E-state index in [-0.39, 0.29) is 6.54 Å². The van der Waals surface area contributed by atoms with E-state index in [9.17, 15) is 20.1 Å². The van der Waals surface area contributed by atoms with E-state index in [0.717, 1.165) is 5.56 Å². The number of hydrogen-bond donors (Lipinski definition) is 5. The third kappa shape index (κ3) is 5.56. The van der Waals surface area contributed by atoms with Crippen molar-refractivity contribution in [2.24, 2.45) is 0 Å². The Kier molecular flexibility index (Phi) is 7.25. The Bertz CT molecular complexity index is 786. The molecule has 1 aliphatic rings. The van der Waals surface area contributed by atoms with Gasteiger partial charge in [-0.1, -0.05) is 35.5 Å². The standard InChI is InChI=1S/C18H24N4O7/c23-9-13-15(25)16(26)17(27)18(29-13)28-10-14(24)19-6-12-8-22(21-20-12)7-11-4-2-1-3-5-11/h1-5,8,13,15-18,23,25-27H,6-7,9-10H2,(H,19,24)/t13-,15-,16+,17-,18-/m1/s1. The summed E-state index contributed by atoms with van der Waals surface area (Å²) < 4.78 is 12.0. The van der Waals surface area contributed by atoms with Crippen LogP contribution in [0.4, 0.5) is 0 Å². The largest absolute Gasteiger partial charge is 0.394 e. The van der Waals surface area contributed by atoms with Gasteiger partial charge in [-0.15, -0.1) is 5.10 Å². The maximum absolute atomic E-state index is 12.0. The molecule has 0 bridgehead atoms. The predicted octanol–water partition coefficient (Wildman–Crippen LogP) is -2.24. The first-order chi connectivity index (χ1) is 14.0. The summed E-state index contributed by atoms with van der Waals surface area (Å²) in [5, 5.41) is 49.0. The second-order valence-corrected chi connectivity index (χ2v) is 6.68. The molecule has 1 aromatic heterocycles. The molecular weight excluding hydrogens is 384 g/mol. The van der Waals surface area contributed by atoms with Crippen LogP contribution in [0.1, 0.15) is 11.3 Å². The summed E-state index contributed by atoms with van der Waals surface area (Å²) >= 11 is 0. The van der Waals surface area contributed by atoms with E-state index in [1.54, 1.807) is 10.9 Å². The minimum atomic E-state index is -1.56. The van der Waals surface area contributed by atoms with E-state index in [1.165, 1.54) is 0 Å². The van der Waals surface area contributed by atoms with Crippen molar-refractivity contribution in [2.45, 2.75) is 43.8 Å². The third-order valence-electron chi connectivity index (χ3n) is 4.47. The van der Waals surface area contributed by atoms with Crippen LogP contribution >= 0.6 is 0 Å². The summed E-state index contributed by atoms with van der Waals surface area (Å²) in [4.78, 5) is 12.0. The molecule has 5 N–H and O–H groups in total. The third-order valence-corrected chi connectivity index (χ3v) is 4.47. The highest BCUT2D eigenvalue weighted by molar-refractivity contribution is 5.77. The molecule has 5 atom stereocenters. The first-order valence-corrected chi connectivity index (χ1v) is 9.09. The summed E-state index contributed by atoms with van der Waals surface area (Å²) in [5.74, 6) is -0.500. The van der Waals surface area contributed by atoms with Crippen molar-refractivity contribution in [1.29, 1.82) is 0 Å². The number of benzene rings is 1. The normalized spacial score (nSPS) is 27.0. The minimum absolute atomic E-state index is 0.131. The van der Waals surface area contributed by atoms with Crippen molar-refractivity contribution in [3.63, 3.8) is 0 Å². The number of nitrogens with zero attached hydrogens (tertiary/aromatic N) is 3. The van der Waals surface area contributed by atoms with E-state index in [4.69, 9.17) is 14.6 Å². The number of rotatable bonds is 8. The van der Waals surface area contributed by atoms with Gasteiger partial charge in [0.15, 0.2) is 6.29 Å². The molecule has 3 rings (SSSR count). The zero-order valence-electron chi connectivity index (χ0n) is 15.5. The van der Waals surface area contributed by atoms with Crippen molar-refractivity contribution in [3.05, 3.63) is 47.8 Å². The SMILES string of the molecule is O=C(CO[C@@H]1O[C@H](CO)[C@@H](O)[C@H](O)[C@H]1O)NCc1cn(Cc2ccccc2)nn1. The number of hydrogen-bond acceptors (Lipinski definition) is 9. The van der Waals surface area contributed by atoms with Crippen LogP contribution in [0.5, 0.6) is 0 Å². The van der Waals surface area contributed by atoms with Crippen LogP contribution in [-0.2, 0) is 27.4 Å². The van der Waals surface area contributed by atoms with Crippen molar-refractivity contribution >= 4 is 5.91 Å². The van der Waals surface area contributed by atoms with E-state index in [2.05, 4.69) is 15.6 Å². The van der Waals surface area contributed by atoms with E-state index >= 15 is 0 Å². The lowest BCUT2D eigenvalue weighted by atomic mass is 9.99. The Hall–Kier alpha value is -2.41. The zero-order chi connectivity index (χ0) is 20.8.